The molecule has 170 valence electrons. The third-order valence-electron chi connectivity index (χ3n) is 5.00. The first-order valence-corrected chi connectivity index (χ1v) is 9.62. The number of carbonyl (C=O) groups is 2. The van der Waals surface area contributed by atoms with E-state index in [9.17, 15) is 31.5 Å². The first-order valence-electron chi connectivity index (χ1n) is 9.62. The molecule has 4 rings (SSSR count). The monoisotopic (exact) mass is 462 g/mol. The van der Waals surface area contributed by atoms with Crippen molar-refractivity contribution in [2.24, 2.45) is 0 Å². The van der Waals surface area contributed by atoms with Crippen LogP contribution in [0.3, 0.4) is 0 Å². The molecule has 1 N–H and O–H groups in total. The van der Waals surface area contributed by atoms with Crippen molar-refractivity contribution in [2.75, 3.05) is 16.8 Å². The Hall–Kier alpha value is -3.89. The van der Waals surface area contributed by atoms with Gasteiger partial charge in [-0.1, -0.05) is 0 Å². The van der Waals surface area contributed by atoms with Crippen molar-refractivity contribution in [1.82, 2.24) is 9.97 Å². The second-order valence-electron chi connectivity index (χ2n) is 7.38. The summed E-state index contributed by atoms with van der Waals surface area (Å²) < 4.78 is 66.9. The molecule has 0 atom stereocenters. The highest BCUT2D eigenvalue weighted by atomic mass is 19.4. The van der Waals surface area contributed by atoms with Crippen LogP contribution in [0.5, 0.6) is 0 Å². The minimum atomic E-state index is -4.52. The van der Waals surface area contributed by atoms with E-state index in [0.29, 0.717) is 0 Å². The van der Waals surface area contributed by atoms with E-state index in [4.69, 9.17) is 0 Å². The van der Waals surface area contributed by atoms with Gasteiger partial charge in [0.1, 0.15) is 12.4 Å². The lowest BCUT2D eigenvalue weighted by atomic mass is 10.0. The lowest BCUT2D eigenvalue weighted by Gasteiger charge is -2.23. The summed E-state index contributed by atoms with van der Waals surface area (Å²) in [5.41, 5.74) is -0.561. The zero-order valence-electron chi connectivity index (χ0n) is 17.0. The van der Waals surface area contributed by atoms with Gasteiger partial charge in [-0.05, 0) is 43.3 Å². The molecule has 11 heteroatoms. The fraction of sp³-hybridized carbons (Fsp3) is 0.182. The lowest BCUT2D eigenvalue weighted by Crippen LogP contribution is -2.39. The van der Waals surface area contributed by atoms with Crippen molar-refractivity contribution in [3.05, 3.63) is 71.3 Å². The number of benzene rings is 1. The largest absolute Gasteiger partial charge is 0.416 e. The maximum atomic E-state index is 14.9. The third-order valence-corrected chi connectivity index (χ3v) is 5.00. The van der Waals surface area contributed by atoms with Gasteiger partial charge in [-0.2, -0.15) is 17.6 Å². The van der Waals surface area contributed by atoms with Crippen LogP contribution in [0, 0.1) is 18.7 Å². The normalized spacial score (nSPS) is 13.3. The second-order valence-corrected chi connectivity index (χ2v) is 7.38. The van der Waals surface area contributed by atoms with Gasteiger partial charge < -0.3 is 10.2 Å². The predicted octanol–water partition coefficient (Wildman–Crippen LogP) is 4.28. The fourth-order valence-corrected chi connectivity index (χ4v) is 3.54. The average molecular weight is 462 g/mol. The summed E-state index contributed by atoms with van der Waals surface area (Å²) in [6, 6.07) is 6.21. The summed E-state index contributed by atoms with van der Waals surface area (Å²) >= 11 is 0. The van der Waals surface area contributed by atoms with E-state index in [1.807, 2.05) is 0 Å². The Labute approximate surface area is 184 Å². The van der Waals surface area contributed by atoms with E-state index in [0.717, 1.165) is 41.4 Å². The van der Waals surface area contributed by atoms with Crippen LogP contribution in [0.1, 0.15) is 17.0 Å². The van der Waals surface area contributed by atoms with Crippen molar-refractivity contribution in [1.29, 1.82) is 0 Å². The second kappa shape index (κ2) is 8.23. The van der Waals surface area contributed by atoms with Gasteiger partial charge in [0.2, 0.25) is 17.8 Å². The molecular formula is C22H15F5N4O2. The number of aryl methyl sites for hydroxylation is 1. The Morgan fingerprint density at radius 1 is 1.15 bits per heavy atom. The molecule has 0 radical (unpaired) electrons. The molecule has 3 aromatic rings. The first-order chi connectivity index (χ1) is 15.5. The molecule has 0 fully saturated rings. The van der Waals surface area contributed by atoms with E-state index in [1.54, 1.807) is 0 Å². The number of alkyl halides is 3. The Morgan fingerprint density at radius 2 is 1.85 bits per heavy atom. The molecule has 0 bridgehead atoms. The van der Waals surface area contributed by atoms with Gasteiger partial charge in [-0.15, -0.1) is 0 Å². The van der Waals surface area contributed by atoms with Crippen LogP contribution in [0.15, 0.2) is 42.6 Å². The lowest BCUT2D eigenvalue weighted by molar-refractivity contribution is -0.137. The zero-order valence-corrected chi connectivity index (χ0v) is 17.0. The van der Waals surface area contributed by atoms with Crippen LogP contribution >= 0.6 is 0 Å². The van der Waals surface area contributed by atoms with Crippen LogP contribution in [0.2, 0.25) is 0 Å². The number of amides is 2. The van der Waals surface area contributed by atoms with Gasteiger partial charge in [0, 0.05) is 16.9 Å². The van der Waals surface area contributed by atoms with Crippen molar-refractivity contribution in [3.63, 3.8) is 0 Å². The SMILES string of the molecule is Cc1cc2c(c(F)n1)-c1cc(F)cnc1CC(=O)N2CC(=O)Nc1ccc(C(F)(F)F)cc1. The Morgan fingerprint density at radius 3 is 2.52 bits per heavy atom. The highest BCUT2D eigenvalue weighted by Crippen LogP contribution is 2.38. The molecule has 1 aliphatic rings. The average Bonchev–Trinajstić information content (AvgIpc) is 2.82. The van der Waals surface area contributed by atoms with Gasteiger partial charge in [0.05, 0.1) is 35.1 Å². The number of hydrogen-bond donors (Lipinski definition) is 1. The molecule has 2 amide bonds. The van der Waals surface area contributed by atoms with Crippen molar-refractivity contribution in [3.8, 4) is 11.1 Å². The minimum absolute atomic E-state index is 0.0127. The zero-order chi connectivity index (χ0) is 23.9. The van der Waals surface area contributed by atoms with E-state index < -0.39 is 41.9 Å². The number of aromatic nitrogens is 2. The molecule has 1 aliphatic heterocycles. The number of fused-ring (bicyclic) bond motifs is 3. The Balaban J connectivity index is 1.66. The number of nitrogens with zero attached hydrogens (tertiary/aromatic N) is 3. The number of anilines is 2. The van der Waals surface area contributed by atoms with E-state index in [1.165, 1.54) is 13.0 Å². The van der Waals surface area contributed by atoms with Crippen LogP contribution in [0.4, 0.5) is 33.3 Å². The van der Waals surface area contributed by atoms with Crippen LogP contribution in [0.25, 0.3) is 11.1 Å². The molecule has 0 saturated heterocycles. The fourth-order valence-electron chi connectivity index (χ4n) is 3.54. The third kappa shape index (κ3) is 4.52. The number of pyridine rings is 2. The number of hydrogen-bond acceptors (Lipinski definition) is 4. The molecular weight excluding hydrogens is 447 g/mol. The summed E-state index contributed by atoms with van der Waals surface area (Å²) in [5, 5.41) is 2.41. The van der Waals surface area contributed by atoms with Gasteiger partial charge >= 0.3 is 6.18 Å². The molecule has 0 unspecified atom stereocenters. The van der Waals surface area contributed by atoms with Gasteiger partial charge in [0.15, 0.2) is 0 Å². The standard InChI is InChI=1S/C22H15F5N4O2/c1-11-6-17-20(21(24)29-11)15-7-13(23)9-28-16(15)8-19(33)31(17)10-18(32)30-14-4-2-12(3-5-14)22(25,26)27/h2-7,9H,8,10H2,1H3,(H,30,32). The molecule has 33 heavy (non-hydrogen) atoms. The molecule has 0 saturated carbocycles. The molecule has 6 nitrogen and oxygen atoms in total. The van der Waals surface area contributed by atoms with Crippen LogP contribution in [-0.2, 0) is 22.2 Å². The van der Waals surface area contributed by atoms with E-state index in [-0.39, 0.29) is 40.3 Å². The number of carbonyl (C=O) groups excluding carboxylic acids is 2. The summed E-state index contributed by atoms with van der Waals surface area (Å²) in [5.74, 6) is -3.02. The van der Waals surface area contributed by atoms with Gasteiger partial charge in [-0.25, -0.2) is 9.37 Å². The minimum Gasteiger partial charge on any atom is -0.325 e. The molecule has 1 aromatic carbocycles. The highest BCUT2D eigenvalue weighted by molar-refractivity contribution is 6.07. The number of rotatable bonds is 3. The maximum absolute atomic E-state index is 14.9. The molecule has 2 aromatic heterocycles. The Kier molecular flexibility index (Phi) is 5.56. The quantitative estimate of drug-likeness (QED) is 0.466. The molecule has 0 aliphatic carbocycles. The van der Waals surface area contributed by atoms with Gasteiger partial charge in [-0.3, -0.25) is 14.6 Å². The van der Waals surface area contributed by atoms with E-state index in [2.05, 4.69) is 15.3 Å². The summed E-state index contributed by atoms with van der Waals surface area (Å²) in [6.45, 7) is 0.927. The smallest absolute Gasteiger partial charge is 0.325 e. The number of halogens is 5. The number of nitrogens with one attached hydrogen (secondary N) is 1. The summed E-state index contributed by atoms with van der Waals surface area (Å²) in [4.78, 5) is 34.2. The van der Waals surface area contributed by atoms with Crippen LogP contribution in [-0.4, -0.2) is 28.3 Å². The molecule has 0 spiro atoms. The summed E-state index contributed by atoms with van der Waals surface area (Å²) in [7, 11) is 0. The Bertz CT molecular complexity index is 1260. The van der Waals surface area contributed by atoms with Gasteiger partial charge in [0.25, 0.3) is 0 Å². The first kappa shape index (κ1) is 22.3. The van der Waals surface area contributed by atoms with Crippen molar-refractivity contribution < 1.29 is 31.5 Å². The van der Waals surface area contributed by atoms with E-state index >= 15 is 0 Å². The van der Waals surface area contributed by atoms with Crippen molar-refractivity contribution >= 4 is 23.2 Å². The summed E-state index contributed by atoms with van der Waals surface area (Å²) in [6.07, 6.45) is -3.95. The predicted molar refractivity (Wildman–Crippen MR) is 108 cm³/mol. The van der Waals surface area contributed by atoms with Crippen LogP contribution < -0.4 is 10.2 Å². The van der Waals surface area contributed by atoms with Crippen molar-refractivity contribution in [2.45, 2.75) is 19.5 Å². The highest BCUT2D eigenvalue weighted by Gasteiger charge is 2.32. The maximum Gasteiger partial charge on any atom is 0.416 e. The molecule has 3 heterocycles. The topological polar surface area (TPSA) is 75.2 Å².